The monoisotopic (exact) mass is 354 g/mol. The number of halogens is 3. The van der Waals surface area contributed by atoms with Gasteiger partial charge in [0.25, 0.3) is 0 Å². The van der Waals surface area contributed by atoms with Crippen molar-refractivity contribution in [3.05, 3.63) is 28.8 Å². The summed E-state index contributed by atoms with van der Waals surface area (Å²) in [4.78, 5) is 11.4. The number of rotatable bonds is 2. The summed E-state index contributed by atoms with van der Waals surface area (Å²) >= 11 is 2.09. The second kappa shape index (κ2) is 4.75. The Morgan fingerprint density at radius 1 is 1.65 bits per heavy atom. The van der Waals surface area contributed by atoms with Crippen molar-refractivity contribution >= 4 is 28.6 Å². The van der Waals surface area contributed by atoms with Crippen LogP contribution in [0.1, 0.15) is 15.9 Å². The lowest BCUT2D eigenvalue weighted by molar-refractivity contribution is 0.0595. The second-order valence-corrected chi connectivity index (χ2v) is 4.50. The van der Waals surface area contributed by atoms with E-state index in [0.29, 0.717) is 4.43 Å². The number of fused-ring (bicyclic) bond motifs is 1. The molecular formula is C11H9F2IO3. The smallest absolute Gasteiger partial charge is 0.341 e. The number of esters is 1. The lowest BCUT2D eigenvalue weighted by Gasteiger charge is -2.09. The first-order valence-corrected chi connectivity index (χ1v) is 6.42. The molecule has 92 valence electrons. The molecule has 1 unspecified atom stereocenters. The molecule has 1 atom stereocenters. The van der Waals surface area contributed by atoms with Crippen LogP contribution in [0.4, 0.5) is 8.78 Å². The zero-order valence-electron chi connectivity index (χ0n) is 8.93. The van der Waals surface area contributed by atoms with E-state index in [9.17, 15) is 13.6 Å². The number of alkyl halides is 1. The Balaban J connectivity index is 2.54. The molecule has 1 aliphatic heterocycles. The van der Waals surface area contributed by atoms with E-state index < -0.39 is 17.6 Å². The molecule has 1 aromatic carbocycles. The van der Waals surface area contributed by atoms with Crippen molar-refractivity contribution in [2.45, 2.75) is 12.5 Å². The Kier molecular flexibility index (Phi) is 3.50. The summed E-state index contributed by atoms with van der Waals surface area (Å²) in [6, 6.07) is 0.815. The molecule has 1 heterocycles. The fourth-order valence-electron chi connectivity index (χ4n) is 1.76. The van der Waals surface area contributed by atoms with Gasteiger partial charge in [-0.25, -0.2) is 13.6 Å². The van der Waals surface area contributed by atoms with Gasteiger partial charge in [0.05, 0.1) is 7.11 Å². The average Bonchev–Trinajstić information content (AvgIpc) is 2.77. The van der Waals surface area contributed by atoms with E-state index in [4.69, 9.17) is 4.74 Å². The van der Waals surface area contributed by atoms with Gasteiger partial charge in [0, 0.05) is 16.4 Å². The van der Waals surface area contributed by atoms with Crippen LogP contribution >= 0.6 is 22.6 Å². The second-order valence-electron chi connectivity index (χ2n) is 3.62. The minimum atomic E-state index is -1.05. The van der Waals surface area contributed by atoms with Gasteiger partial charge < -0.3 is 9.47 Å². The van der Waals surface area contributed by atoms with Gasteiger partial charge in [-0.3, -0.25) is 0 Å². The lowest BCUT2D eigenvalue weighted by atomic mass is 10.1. The molecule has 0 saturated carbocycles. The molecule has 2 rings (SSSR count). The van der Waals surface area contributed by atoms with Crippen molar-refractivity contribution in [2.24, 2.45) is 0 Å². The zero-order chi connectivity index (χ0) is 12.6. The first kappa shape index (κ1) is 12.5. The van der Waals surface area contributed by atoms with Crippen LogP contribution in [0.2, 0.25) is 0 Å². The highest BCUT2D eigenvalue weighted by atomic mass is 127. The summed E-state index contributed by atoms with van der Waals surface area (Å²) < 4.78 is 37.5. The minimum Gasteiger partial charge on any atom is -0.488 e. The normalized spacial score (nSPS) is 17.5. The van der Waals surface area contributed by atoms with Crippen LogP contribution in [0.5, 0.6) is 5.75 Å². The summed E-state index contributed by atoms with van der Waals surface area (Å²) in [5.74, 6) is -2.62. The highest BCUT2D eigenvalue weighted by Gasteiger charge is 2.32. The lowest BCUT2D eigenvalue weighted by Crippen LogP contribution is -2.14. The predicted octanol–water partition coefficient (Wildman–Crippen LogP) is 2.49. The van der Waals surface area contributed by atoms with Crippen molar-refractivity contribution in [2.75, 3.05) is 11.5 Å². The third-order valence-corrected chi connectivity index (χ3v) is 3.54. The van der Waals surface area contributed by atoms with E-state index in [2.05, 4.69) is 27.3 Å². The Bertz CT molecular complexity index is 476. The SMILES string of the molecule is COC(=O)c1cc(F)c(F)c2c1OC(CI)C2. The van der Waals surface area contributed by atoms with Gasteiger partial charge in [0.1, 0.15) is 17.4 Å². The largest absolute Gasteiger partial charge is 0.488 e. The Hall–Kier alpha value is -0.920. The summed E-state index contributed by atoms with van der Waals surface area (Å²) in [7, 11) is 1.18. The van der Waals surface area contributed by atoms with Crippen molar-refractivity contribution in [1.82, 2.24) is 0 Å². The van der Waals surface area contributed by atoms with Gasteiger partial charge in [0.2, 0.25) is 0 Å². The molecule has 0 saturated heterocycles. The molecule has 1 aliphatic rings. The van der Waals surface area contributed by atoms with Crippen molar-refractivity contribution in [3.8, 4) is 5.75 Å². The minimum absolute atomic E-state index is 0.0613. The Labute approximate surface area is 110 Å². The summed E-state index contributed by atoms with van der Waals surface area (Å²) in [5, 5.41) is 0. The molecule has 0 N–H and O–H groups in total. The first-order valence-electron chi connectivity index (χ1n) is 4.90. The van der Waals surface area contributed by atoms with Gasteiger partial charge in [-0.2, -0.15) is 0 Å². The standard InChI is InChI=1S/C11H9F2IO3/c1-16-11(15)7-3-8(12)9(13)6-2-5(4-14)17-10(6)7/h3,5H,2,4H2,1H3. The van der Waals surface area contributed by atoms with Gasteiger partial charge in [-0.15, -0.1) is 0 Å². The molecule has 0 bridgehead atoms. The van der Waals surface area contributed by atoms with Gasteiger partial charge in [-0.05, 0) is 6.07 Å². The predicted molar refractivity (Wildman–Crippen MR) is 64.7 cm³/mol. The molecule has 0 spiro atoms. The topological polar surface area (TPSA) is 35.5 Å². The molecule has 17 heavy (non-hydrogen) atoms. The van der Waals surface area contributed by atoms with E-state index in [-0.39, 0.29) is 29.4 Å². The Morgan fingerprint density at radius 3 is 2.94 bits per heavy atom. The molecule has 1 aromatic rings. The van der Waals surface area contributed by atoms with Gasteiger partial charge >= 0.3 is 5.97 Å². The van der Waals surface area contributed by atoms with E-state index in [1.807, 2.05) is 0 Å². The third kappa shape index (κ3) is 2.10. The van der Waals surface area contributed by atoms with Crippen molar-refractivity contribution < 1.29 is 23.0 Å². The number of hydrogen-bond acceptors (Lipinski definition) is 3. The van der Waals surface area contributed by atoms with Crippen LogP contribution in [-0.2, 0) is 11.2 Å². The molecule has 6 heteroatoms. The van der Waals surface area contributed by atoms with Crippen LogP contribution in [0.3, 0.4) is 0 Å². The highest BCUT2D eigenvalue weighted by molar-refractivity contribution is 14.1. The van der Waals surface area contributed by atoms with Crippen molar-refractivity contribution in [1.29, 1.82) is 0 Å². The fraction of sp³-hybridized carbons (Fsp3) is 0.364. The van der Waals surface area contributed by atoms with Crippen LogP contribution in [0.15, 0.2) is 6.07 Å². The van der Waals surface area contributed by atoms with Crippen LogP contribution in [0.25, 0.3) is 0 Å². The molecule has 0 aromatic heterocycles. The maximum atomic E-state index is 13.6. The Morgan fingerprint density at radius 2 is 2.35 bits per heavy atom. The summed E-state index contributed by atoms with van der Waals surface area (Å²) in [5.41, 5.74) is 0.0563. The third-order valence-electron chi connectivity index (χ3n) is 2.56. The maximum Gasteiger partial charge on any atom is 0.341 e. The van der Waals surface area contributed by atoms with Gasteiger partial charge in [-0.1, -0.05) is 22.6 Å². The molecule has 0 fully saturated rings. The molecular weight excluding hydrogens is 345 g/mol. The number of hydrogen-bond donors (Lipinski definition) is 0. The van der Waals surface area contributed by atoms with E-state index in [0.717, 1.165) is 6.07 Å². The average molecular weight is 354 g/mol. The molecule has 0 amide bonds. The maximum absolute atomic E-state index is 13.6. The molecule has 3 nitrogen and oxygen atoms in total. The summed E-state index contributed by atoms with van der Waals surface area (Å²) in [6.45, 7) is 0. The summed E-state index contributed by atoms with van der Waals surface area (Å²) in [6.07, 6.45) is 0.0385. The van der Waals surface area contributed by atoms with Crippen LogP contribution in [-0.4, -0.2) is 23.6 Å². The number of carbonyl (C=O) groups excluding carboxylic acids is 1. The van der Waals surface area contributed by atoms with Crippen LogP contribution in [0, 0.1) is 11.6 Å². The van der Waals surface area contributed by atoms with Crippen molar-refractivity contribution in [3.63, 3.8) is 0 Å². The molecule has 0 aliphatic carbocycles. The fourth-order valence-corrected chi connectivity index (χ4v) is 2.25. The quantitative estimate of drug-likeness (QED) is 0.465. The highest BCUT2D eigenvalue weighted by Crippen LogP contribution is 2.36. The van der Waals surface area contributed by atoms with Crippen LogP contribution < -0.4 is 4.74 Å². The zero-order valence-corrected chi connectivity index (χ0v) is 11.1. The molecule has 0 radical (unpaired) electrons. The van der Waals surface area contributed by atoms with E-state index in [1.165, 1.54) is 7.11 Å². The van der Waals surface area contributed by atoms with Gasteiger partial charge in [0.15, 0.2) is 11.6 Å². The number of ether oxygens (including phenoxy) is 2. The number of methoxy groups -OCH3 is 1. The first-order chi connectivity index (χ1) is 8.08. The van der Waals surface area contributed by atoms with E-state index in [1.54, 1.807) is 0 Å². The number of benzene rings is 1. The number of carbonyl (C=O) groups is 1. The van der Waals surface area contributed by atoms with E-state index >= 15 is 0 Å².